The van der Waals surface area contributed by atoms with Crippen LogP contribution in [-0.2, 0) is 66.7 Å². The monoisotopic (exact) mass is 1190 g/mol. The molecule has 0 bridgehead atoms. The first-order chi connectivity index (χ1) is 37.6. The number of halogens is 7. The van der Waals surface area contributed by atoms with Gasteiger partial charge in [0.1, 0.15) is 16.3 Å². The molecule has 8 rings (SSSR count). The Kier molecular flexibility index (Phi) is 23.4. The number of aryl methyl sites for hydroxylation is 4. The molecule has 2 saturated heterocycles. The van der Waals surface area contributed by atoms with Crippen LogP contribution in [0.1, 0.15) is 156 Å². The Morgan fingerprint density at radius 3 is 1.46 bits per heavy atom. The van der Waals surface area contributed by atoms with E-state index >= 15 is 0 Å². The van der Waals surface area contributed by atoms with Gasteiger partial charge >= 0.3 is 24.3 Å². The molecular weight excluding hydrogens is 1120 g/mol. The van der Waals surface area contributed by atoms with Gasteiger partial charge in [0.05, 0.1) is 10.8 Å². The second-order valence-corrected chi connectivity index (χ2v) is 20.3. The molecule has 2 aromatic heterocycles. The van der Waals surface area contributed by atoms with E-state index in [-0.39, 0.29) is 52.7 Å². The Morgan fingerprint density at radius 1 is 0.613 bits per heavy atom. The number of aromatic nitrogens is 2. The highest BCUT2D eigenvalue weighted by Gasteiger charge is 2.40. The molecule has 1 N–H and O–H groups in total. The van der Waals surface area contributed by atoms with Crippen molar-refractivity contribution in [2.45, 2.75) is 162 Å². The van der Waals surface area contributed by atoms with Crippen molar-refractivity contribution < 1.29 is 73.9 Å². The second-order valence-electron chi connectivity index (χ2n) is 19.4. The molecule has 80 heavy (non-hydrogen) atoms. The number of esters is 2. The lowest BCUT2D eigenvalue weighted by molar-refractivity contribution is -0.165. The van der Waals surface area contributed by atoms with Gasteiger partial charge < -0.3 is 38.2 Å². The van der Waals surface area contributed by atoms with Crippen LogP contribution in [0.25, 0.3) is 21.9 Å². The van der Waals surface area contributed by atoms with Gasteiger partial charge in [-0.05, 0) is 94.0 Å². The summed E-state index contributed by atoms with van der Waals surface area (Å²) >= 11 is 3.31. The quantitative estimate of drug-likeness (QED) is 0.0491. The predicted octanol–water partition coefficient (Wildman–Crippen LogP) is 14.2. The van der Waals surface area contributed by atoms with Crippen LogP contribution in [-0.4, -0.2) is 87.4 Å². The topological polar surface area (TPSA) is 175 Å². The maximum atomic E-state index is 13.7. The first kappa shape index (κ1) is 64.2. The van der Waals surface area contributed by atoms with E-state index in [4.69, 9.17) is 23.3 Å². The number of carbonyl (C=O) groups is 4. The van der Waals surface area contributed by atoms with Crippen molar-refractivity contribution in [2.24, 2.45) is 0 Å². The number of amides is 2. The molecule has 4 atom stereocenters. The van der Waals surface area contributed by atoms with E-state index in [9.17, 15) is 50.6 Å². The summed E-state index contributed by atoms with van der Waals surface area (Å²) in [4.78, 5) is 53.3. The lowest BCUT2D eigenvalue weighted by atomic mass is 9.97. The molecule has 2 aliphatic heterocycles. The number of rotatable bonds is 18. The van der Waals surface area contributed by atoms with Crippen molar-refractivity contribution in [1.82, 2.24) is 20.1 Å². The minimum absolute atomic E-state index is 0. The lowest BCUT2D eigenvalue weighted by Gasteiger charge is -2.25. The molecule has 21 heteroatoms. The Balaban J connectivity index is 0.000000241. The van der Waals surface area contributed by atoms with E-state index in [1.54, 1.807) is 47.1 Å². The molecule has 2 fully saturated rings. The van der Waals surface area contributed by atoms with Crippen LogP contribution in [0.2, 0.25) is 0 Å². The third-order valence-corrected chi connectivity index (χ3v) is 14.2. The van der Waals surface area contributed by atoms with Gasteiger partial charge in [-0.2, -0.15) is 26.3 Å². The van der Waals surface area contributed by atoms with Crippen molar-refractivity contribution in [3.8, 4) is 11.5 Å². The van der Waals surface area contributed by atoms with Gasteiger partial charge in [0.2, 0.25) is 6.10 Å². The molecule has 436 valence electrons. The van der Waals surface area contributed by atoms with Crippen LogP contribution in [0.5, 0.6) is 11.5 Å². The van der Waals surface area contributed by atoms with Crippen molar-refractivity contribution >= 4 is 61.6 Å². The molecule has 2 unspecified atom stereocenters. The maximum Gasteiger partial charge on any atom is 0.437 e. The highest BCUT2D eigenvalue weighted by molar-refractivity contribution is 9.09. The fourth-order valence-electron chi connectivity index (χ4n) is 9.52. The average Bonchev–Trinajstić information content (AvgIpc) is 4.46. The molecule has 14 nitrogen and oxygen atoms in total. The number of nitrogens with zero attached hydrogens (tertiary/aromatic N) is 4. The fraction of sp³-hybridized carbons (Fsp3) is 0.492. The van der Waals surface area contributed by atoms with Crippen molar-refractivity contribution in [2.75, 3.05) is 26.2 Å². The van der Waals surface area contributed by atoms with Gasteiger partial charge in [-0.1, -0.05) is 148 Å². The summed E-state index contributed by atoms with van der Waals surface area (Å²) in [5.41, 5.74) is 1.06. The SMILES string of the molecule is C.CCCc1cc2c(C(F)(F)F)noc2c(CCC)c1O.CCCc1cc2c(C(F)(F)F)noc2c(CCC)c1OC(C(=O)O[C@H](C)C(=O)N1CCCC1)c1ccccc1.C[C@@H](OC(=O)C(Br)c1ccccc1)C(=O)N1CCCC1. The Labute approximate surface area is 470 Å². The second kappa shape index (κ2) is 29.2. The molecule has 0 spiro atoms. The van der Waals surface area contributed by atoms with Gasteiger partial charge in [0, 0.05) is 42.9 Å². The van der Waals surface area contributed by atoms with E-state index < -0.39 is 58.8 Å². The molecule has 0 radical (unpaired) electrons. The van der Waals surface area contributed by atoms with Gasteiger partial charge in [-0.3, -0.25) is 14.4 Å². The summed E-state index contributed by atoms with van der Waals surface area (Å²) in [6, 6.07) is 20.7. The molecule has 2 amide bonds. The summed E-state index contributed by atoms with van der Waals surface area (Å²) < 4.78 is 107. The number of hydrogen-bond acceptors (Lipinski definition) is 12. The third kappa shape index (κ3) is 15.8. The summed E-state index contributed by atoms with van der Waals surface area (Å²) in [5.74, 6) is -1.26. The number of ether oxygens (including phenoxy) is 3. The third-order valence-electron chi connectivity index (χ3n) is 13.3. The molecule has 0 saturated carbocycles. The number of likely N-dealkylation sites (tertiary alicyclic amines) is 2. The first-order valence-corrected chi connectivity index (χ1v) is 27.7. The molecular formula is C59H71BrF6N4O10. The number of carbonyl (C=O) groups excluding carboxylic acids is 4. The van der Waals surface area contributed by atoms with E-state index in [1.165, 1.54) is 19.1 Å². The number of alkyl halides is 7. The van der Waals surface area contributed by atoms with E-state index in [2.05, 4.69) is 26.2 Å². The van der Waals surface area contributed by atoms with Crippen molar-refractivity contribution in [3.63, 3.8) is 0 Å². The van der Waals surface area contributed by atoms with Crippen LogP contribution >= 0.6 is 15.9 Å². The number of hydrogen-bond donors (Lipinski definition) is 1. The first-order valence-electron chi connectivity index (χ1n) is 26.7. The minimum Gasteiger partial charge on any atom is -0.507 e. The number of phenols is 1. The number of aromatic hydroxyl groups is 1. The van der Waals surface area contributed by atoms with E-state index in [1.807, 2.05) is 58.0 Å². The zero-order chi connectivity index (χ0) is 57.6. The normalized spacial score (nSPS) is 15.0. The molecule has 6 aromatic rings. The number of phenolic OH excluding ortho intramolecular Hbond substituents is 1. The average molecular weight is 1190 g/mol. The highest BCUT2D eigenvalue weighted by atomic mass is 79.9. The van der Waals surface area contributed by atoms with Gasteiger partial charge in [0.25, 0.3) is 11.8 Å². The molecule has 2 aliphatic rings. The highest BCUT2D eigenvalue weighted by Crippen LogP contribution is 2.43. The van der Waals surface area contributed by atoms with E-state index in [0.717, 1.165) is 50.8 Å². The van der Waals surface area contributed by atoms with Crippen molar-refractivity contribution in [3.05, 3.63) is 118 Å². The summed E-state index contributed by atoms with van der Waals surface area (Å²) in [5, 5.41) is 16.5. The Morgan fingerprint density at radius 2 is 1.01 bits per heavy atom. The van der Waals surface area contributed by atoms with Gasteiger partial charge in [-0.15, -0.1) is 0 Å². The summed E-state index contributed by atoms with van der Waals surface area (Å²) in [7, 11) is 0. The number of benzene rings is 4. The number of fused-ring (bicyclic) bond motifs is 2. The zero-order valence-corrected chi connectivity index (χ0v) is 46.7. The van der Waals surface area contributed by atoms with Gasteiger partial charge in [-0.25, -0.2) is 4.79 Å². The standard InChI is InChI=1S/C29H33F3N2O5.C15H18BrNO3.C14H16F3NO2.CH4/c1-4-11-20-17-22-25(39-33-26(22)29(30,31)32)21(12-5-2)23(20)38-24(19-13-7-6-8-14-19)28(36)37-18(3)27(35)34-15-9-10-16-34;1-11(14(18)17-9-5-6-10-17)20-15(19)13(16)12-7-3-2-4-8-12;1-3-5-8-7-10-12(9(6-4-2)11(8)19)20-18-13(10)14(15,16)17;/h6-8,13-14,17-18,24H,4-5,9-12,15-16H2,1-3H3;2-4,7-8,11,13H,5-6,9-10H2,1H3;7,19H,3-6H2,1-2H3;1H4/t18-,24?;11-,13?;;/m11../s1. The van der Waals surface area contributed by atoms with E-state index in [0.29, 0.717) is 85.9 Å². The Hall–Kier alpha value is -6.64. The largest absolute Gasteiger partial charge is 0.507 e. The zero-order valence-electron chi connectivity index (χ0n) is 45.1. The summed E-state index contributed by atoms with van der Waals surface area (Å²) in [6.45, 7) is 13.5. The van der Waals surface area contributed by atoms with Crippen molar-refractivity contribution in [1.29, 1.82) is 0 Å². The lowest BCUT2D eigenvalue weighted by Crippen LogP contribution is -2.39. The maximum absolute atomic E-state index is 13.7. The van der Waals surface area contributed by atoms with Crippen LogP contribution in [0.4, 0.5) is 26.3 Å². The van der Waals surface area contributed by atoms with Crippen LogP contribution < -0.4 is 4.74 Å². The molecule has 0 aliphatic carbocycles. The minimum atomic E-state index is -4.69. The fourth-order valence-corrected chi connectivity index (χ4v) is 9.94. The molecule has 4 aromatic carbocycles. The van der Waals surface area contributed by atoms with Crippen LogP contribution in [0.3, 0.4) is 0 Å². The Bertz CT molecular complexity index is 2990. The van der Waals surface area contributed by atoms with Crippen LogP contribution in [0.15, 0.2) is 81.8 Å². The van der Waals surface area contributed by atoms with Crippen LogP contribution in [0, 0.1) is 0 Å². The summed E-state index contributed by atoms with van der Waals surface area (Å²) in [6.07, 6.45) is -4.02. The molecule has 4 heterocycles. The van der Waals surface area contributed by atoms with Gasteiger partial charge in [0.15, 0.2) is 34.8 Å². The smallest absolute Gasteiger partial charge is 0.437 e. The predicted molar refractivity (Wildman–Crippen MR) is 293 cm³/mol.